The van der Waals surface area contributed by atoms with Crippen molar-refractivity contribution >= 4 is 17.5 Å². The number of hydrogen-bond donors (Lipinski definition) is 2. The van der Waals surface area contributed by atoms with Gasteiger partial charge in [0.1, 0.15) is 0 Å². The molecule has 0 spiro atoms. The van der Waals surface area contributed by atoms with E-state index in [4.69, 9.17) is 0 Å². The zero-order valence-electron chi connectivity index (χ0n) is 12.4. The number of benzene rings is 1. The molecule has 5 nitrogen and oxygen atoms in total. The second-order valence-corrected chi connectivity index (χ2v) is 5.77. The SMILES string of the molecule is CC(=O)NNC(=O)CN1c2ccccc2C(C)(C)C1C. The molecule has 5 heteroatoms. The van der Waals surface area contributed by atoms with Crippen LogP contribution in [0, 0.1) is 0 Å². The van der Waals surface area contributed by atoms with Crippen molar-refractivity contribution in [1.29, 1.82) is 0 Å². The fourth-order valence-corrected chi connectivity index (χ4v) is 2.67. The number of fused-ring (bicyclic) bond motifs is 1. The van der Waals surface area contributed by atoms with Gasteiger partial charge < -0.3 is 4.90 Å². The summed E-state index contributed by atoms with van der Waals surface area (Å²) in [5.74, 6) is -0.506. The highest BCUT2D eigenvalue weighted by Gasteiger charge is 2.41. The summed E-state index contributed by atoms with van der Waals surface area (Å²) in [5.41, 5.74) is 7.05. The summed E-state index contributed by atoms with van der Waals surface area (Å²) < 4.78 is 0. The van der Waals surface area contributed by atoms with E-state index in [1.165, 1.54) is 12.5 Å². The predicted molar refractivity (Wildman–Crippen MR) is 78.2 cm³/mol. The average molecular weight is 275 g/mol. The number of hydrazine groups is 1. The van der Waals surface area contributed by atoms with E-state index in [1.54, 1.807) is 0 Å². The number of hydrogen-bond acceptors (Lipinski definition) is 3. The summed E-state index contributed by atoms with van der Waals surface area (Å²) >= 11 is 0. The molecule has 0 radical (unpaired) electrons. The summed E-state index contributed by atoms with van der Waals surface area (Å²) in [6.45, 7) is 8.06. The van der Waals surface area contributed by atoms with Gasteiger partial charge >= 0.3 is 0 Å². The first-order valence-electron chi connectivity index (χ1n) is 6.75. The summed E-state index contributed by atoms with van der Waals surface area (Å²) in [6.07, 6.45) is 0. The van der Waals surface area contributed by atoms with Crippen LogP contribution < -0.4 is 15.8 Å². The Labute approximate surface area is 119 Å². The Morgan fingerprint density at radius 1 is 1.25 bits per heavy atom. The van der Waals surface area contributed by atoms with Crippen LogP contribution in [0.3, 0.4) is 0 Å². The van der Waals surface area contributed by atoms with E-state index in [0.29, 0.717) is 0 Å². The van der Waals surface area contributed by atoms with E-state index in [2.05, 4.69) is 42.6 Å². The van der Waals surface area contributed by atoms with Crippen molar-refractivity contribution in [2.75, 3.05) is 11.4 Å². The van der Waals surface area contributed by atoms with Gasteiger partial charge in [0.15, 0.2) is 0 Å². The lowest BCUT2D eigenvalue weighted by Crippen LogP contribution is -2.48. The van der Waals surface area contributed by atoms with Crippen molar-refractivity contribution in [3.63, 3.8) is 0 Å². The highest BCUT2D eigenvalue weighted by atomic mass is 16.2. The molecule has 0 saturated carbocycles. The first-order chi connectivity index (χ1) is 9.34. The summed E-state index contributed by atoms with van der Waals surface area (Å²) in [6, 6.07) is 8.35. The molecule has 2 rings (SSSR count). The maximum Gasteiger partial charge on any atom is 0.257 e. The lowest BCUT2D eigenvalue weighted by atomic mass is 9.81. The van der Waals surface area contributed by atoms with Crippen LogP contribution in [0.2, 0.25) is 0 Å². The number of anilines is 1. The van der Waals surface area contributed by atoms with Gasteiger partial charge in [0.2, 0.25) is 5.91 Å². The zero-order chi connectivity index (χ0) is 14.9. The molecular formula is C15H21N3O2. The Bertz CT molecular complexity index is 540. The van der Waals surface area contributed by atoms with Crippen LogP contribution in [-0.4, -0.2) is 24.4 Å². The second-order valence-electron chi connectivity index (χ2n) is 5.77. The Morgan fingerprint density at radius 3 is 2.55 bits per heavy atom. The van der Waals surface area contributed by atoms with E-state index in [9.17, 15) is 9.59 Å². The van der Waals surface area contributed by atoms with E-state index in [-0.39, 0.29) is 29.8 Å². The zero-order valence-corrected chi connectivity index (χ0v) is 12.4. The molecule has 0 fully saturated rings. The van der Waals surface area contributed by atoms with E-state index in [0.717, 1.165) is 5.69 Å². The van der Waals surface area contributed by atoms with Crippen LogP contribution in [0.5, 0.6) is 0 Å². The molecule has 1 heterocycles. The largest absolute Gasteiger partial charge is 0.358 e. The van der Waals surface area contributed by atoms with Crippen LogP contribution in [-0.2, 0) is 15.0 Å². The molecule has 1 aromatic carbocycles. The van der Waals surface area contributed by atoms with Crippen LogP contribution >= 0.6 is 0 Å². The standard InChI is InChI=1S/C15H21N3O2/c1-10-15(3,4)12-7-5-6-8-13(12)18(10)9-14(20)17-16-11(2)19/h5-8,10H,9H2,1-4H3,(H,16,19)(H,17,20). The predicted octanol–water partition coefficient (Wildman–Crippen LogP) is 1.34. The molecule has 1 unspecified atom stereocenters. The van der Waals surface area contributed by atoms with Gasteiger partial charge in [-0.15, -0.1) is 0 Å². The van der Waals surface area contributed by atoms with Crippen LogP contribution in [0.1, 0.15) is 33.3 Å². The van der Waals surface area contributed by atoms with E-state index < -0.39 is 0 Å². The topological polar surface area (TPSA) is 61.4 Å². The first-order valence-corrected chi connectivity index (χ1v) is 6.75. The highest BCUT2D eigenvalue weighted by molar-refractivity contribution is 5.85. The van der Waals surface area contributed by atoms with Gasteiger partial charge in [-0.2, -0.15) is 0 Å². The van der Waals surface area contributed by atoms with Crippen molar-refractivity contribution in [2.24, 2.45) is 0 Å². The van der Waals surface area contributed by atoms with Crippen LogP contribution in [0.25, 0.3) is 0 Å². The molecular weight excluding hydrogens is 254 g/mol. The quantitative estimate of drug-likeness (QED) is 0.801. The monoisotopic (exact) mass is 275 g/mol. The van der Waals surface area contributed by atoms with Gasteiger partial charge in [-0.05, 0) is 18.6 Å². The first kappa shape index (κ1) is 14.4. The molecule has 0 bridgehead atoms. The van der Waals surface area contributed by atoms with Crippen LogP contribution in [0.4, 0.5) is 5.69 Å². The number of carbonyl (C=O) groups is 2. The number of nitrogens with one attached hydrogen (secondary N) is 2. The van der Waals surface area contributed by atoms with E-state index >= 15 is 0 Å². The van der Waals surface area contributed by atoms with Crippen molar-refractivity contribution < 1.29 is 9.59 Å². The van der Waals surface area contributed by atoms with Gasteiger partial charge in [0.25, 0.3) is 5.91 Å². The van der Waals surface area contributed by atoms with Gasteiger partial charge in [-0.3, -0.25) is 20.4 Å². The lowest BCUT2D eigenvalue weighted by Gasteiger charge is -2.31. The maximum absolute atomic E-state index is 11.9. The Balaban J connectivity index is 2.17. The van der Waals surface area contributed by atoms with Crippen molar-refractivity contribution in [3.05, 3.63) is 29.8 Å². The van der Waals surface area contributed by atoms with Crippen LogP contribution in [0.15, 0.2) is 24.3 Å². The summed E-state index contributed by atoms with van der Waals surface area (Å²) in [4.78, 5) is 24.8. The number of rotatable bonds is 2. The second kappa shape index (κ2) is 5.15. The molecule has 0 aromatic heterocycles. The smallest absolute Gasteiger partial charge is 0.257 e. The maximum atomic E-state index is 11.9. The molecule has 1 atom stereocenters. The molecule has 1 aromatic rings. The van der Waals surface area contributed by atoms with Crippen molar-refractivity contribution in [1.82, 2.24) is 10.9 Å². The number of nitrogens with zero attached hydrogens (tertiary/aromatic N) is 1. The third kappa shape index (κ3) is 2.48. The van der Waals surface area contributed by atoms with Gasteiger partial charge in [0, 0.05) is 24.1 Å². The van der Waals surface area contributed by atoms with Crippen molar-refractivity contribution in [3.8, 4) is 0 Å². The molecule has 0 aliphatic carbocycles. The third-order valence-electron chi connectivity index (χ3n) is 4.11. The van der Waals surface area contributed by atoms with Crippen molar-refractivity contribution in [2.45, 2.75) is 39.2 Å². The Hall–Kier alpha value is -2.04. The van der Waals surface area contributed by atoms with Gasteiger partial charge in [-0.25, -0.2) is 0 Å². The summed E-state index contributed by atoms with van der Waals surface area (Å²) in [5, 5.41) is 0. The molecule has 2 amide bonds. The lowest BCUT2D eigenvalue weighted by molar-refractivity contribution is -0.127. The third-order valence-corrected chi connectivity index (χ3v) is 4.11. The van der Waals surface area contributed by atoms with Gasteiger partial charge in [-0.1, -0.05) is 32.0 Å². The molecule has 108 valence electrons. The fourth-order valence-electron chi connectivity index (χ4n) is 2.67. The normalized spacial score (nSPS) is 19.4. The van der Waals surface area contributed by atoms with E-state index in [1.807, 2.05) is 18.2 Å². The molecule has 0 saturated heterocycles. The Morgan fingerprint density at radius 2 is 1.90 bits per heavy atom. The highest BCUT2D eigenvalue weighted by Crippen LogP contribution is 2.44. The minimum atomic E-state index is -0.284. The number of carbonyl (C=O) groups excluding carboxylic acids is 2. The van der Waals surface area contributed by atoms with Gasteiger partial charge in [0.05, 0.1) is 6.54 Å². The molecule has 20 heavy (non-hydrogen) atoms. The number of amides is 2. The average Bonchev–Trinajstić information content (AvgIpc) is 2.58. The molecule has 2 N–H and O–H groups in total. The Kier molecular flexibility index (Phi) is 3.70. The minimum Gasteiger partial charge on any atom is -0.358 e. The summed E-state index contributed by atoms with van der Waals surface area (Å²) in [7, 11) is 0. The number of para-hydroxylation sites is 1. The molecule has 1 aliphatic rings. The minimum absolute atomic E-state index is 0.00905. The fraction of sp³-hybridized carbons (Fsp3) is 0.467. The molecule has 1 aliphatic heterocycles.